The van der Waals surface area contributed by atoms with Gasteiger partial charge in [-0.25, -0.2) is 0 Å². The summed E-state index contributed by atoms with van der Waals surface area (Å²) in [7, 11) is 0. The van der Waals surface area contributed by atoms with Crippen molar-refractivity contribution >= 4 is 17.5 Å². The predicted molar refractivity (Wildman–Crippen MR) is 90.3 cm³/mol. The lowest BCUT2D eigenvalue weighted by Gasteiger charge is -2.32. The zero-order chi connectivity index (χ0) is 17.0. The van der Waals surface area contributed by atoms with Crippen molar-refractivity contribution in [2.75, 3.05) is 18.1 Å². The van der Waals surface area contributed by atoms with E-state index in [2.05, 4.69) is 5.32 Å². The minimum atomic E-state index is -0.199. The van der Waals surface area contributed by atoms with Crippen LogP contribution in [0.15, 0.2) is 18.2 Å². The van der Waals surface area contributed by atoms with E-state index in [0.717, 1.165) is 11.3 Å². The zero-order valence-electron chi connectivity index (χ0n) is 14.1. The number of hydrogen-bond donors (Lipinski definition) is 2. The van der Waals surface area contributed by atoms with Crippen LogP contribution >= 0.6 is 0 Å². The van der Waals surface area contributed by atoms with E-state index < -0.39 is 0 Å². The van der Waals surface area contributed by atoms with E-state index in [4.69, 9.17) is 5.11 Å². The smallest absolute Gasteiger partial charge is 0.227 e. The molecule has 1 aliphatic rings. The quantitative estimate of drug-likeness (QED) is 0.871. The molecule has 2 N–H and O–H groups in total. The molecule has 1 heterocycles. The third-order valence-electron chi connectivity index (χ3n) is 4.53. The first-order valence-corrected chi connectivity index (χ1v) is 8.21. The van der Waals surface area contributed by atoms with Crippen molar-refractivity contribution in [3.05, 3.63) is 29.3 Å². The highest BCUT2D eigenvalue weighted by atomic mass is 16.3. The van der Waals surface area contributed by atoms with Gasteiger partial charge in [0.15, 0.2) is 0 Å². The first-order valence-electron chi connectivity index (χ1n) is 8.21. The van der Waals surface area contributed by atoms with Crippen molar-refractivity contribution in [1.82, 2.24) is 5.32 Å². The van der Waals surface area contributed by atoms with Crippen molar-refractivity contribution in [1.29, 1.82) is 0 Å². The zero-order valence-corrected chi connectivity index (χ0v) is 14.1. The van der Waals surface area contributed by atoms with Crippen LogP contribution in [0, 0.1) is 19.8 Å². The standard InChI is InChI=1S/C18H26N2O3/c1-12-4-6-16(10-13(12)2)20-11-15(5-7-17(20)22)18(23)19-14(3)8-9-21/h4,6,10,14-15,21H,5,7-9,11H2,1-3H3,(H,19,23). The van der Waals surface area contributed by atoms with E-state index >= 15 is 0 Å². The Morgan fingerprint density at radius 1 is 1.39 bits per heavy atom. The van der Waals surface area contributed by atoms with Gasteiger partial charge in [-0.3, -0.25) is 9.59 Å². The van der Waals surface area contributed by atoms with Crippen LogP contribution in [0.4, 0.5) is 5.69 Å². The Morgan fingerprint density at radius 2 is 2.13 bits per heavy atom. The van der Waals surface area contributed by atoms with E-state index in [1.807, 2.05) is 39.0 Å². The summed E-state index contributed by atoms with van der Waals surface area (Å²) in [5.41, 5.74) is 3.18. The minimum absolute atomic E-state index is 0.0349. The number of carbonyl (C=O) groups excluding carboxylic acids is 2. The number of nitrogens with one attached hydrogen (secondary N) is 1. The summed E-state index contributed by atoms with van der Waals surface area (Å²) in [6, 6.07) is 5.89. The lowest BCUT2D eigenvalue weighted by Crippen LogP contribution is -2.47. The third kappa shape index (κ3) is 4.32. The Morgan fingerprint density at radius 3 is 2.78 bits per heavy atom. The monoisotopic (exact) mass is 318 g/mol. The molecule has 1 aromatic rings. The first-order chi connectivity index (χ1) is 10.9. The van der Waals surface area contributed by atoms with Gasteiger partial charge in [-0.1, -0.05) is 6.07 Å². The molecule has 1 fully saturated rings. The molecule has 23 heavy (non-hydrogen) atoms. The van der Waals surface area contributed by atoms with E-state index in [9.17, 15) is 9.59 Å². The number of benzene rings is 1. The molecule has 5 nitrogen and oxygen atoms in total. The van der Waals surface area contributed by atoms with Gasteiger partial charge < -0.3 is 15.3 Å². The molecule has 2 rings (SSSR count). The summed E-state index contributed by atoms with van der Waals surface area (Å²) < 4.78 is 0. The number of aryl methyl sites for hydroxylation is 2. The Kier molecular flexibility index (Phi) is 5.77. The fraction of sp³-hybridized carbons (Fsp3) is 0.556. The van der Waals surface area contributed by atoms with E-state index in [1.54, 1.807) is 4.90 Å². The van der Waals surface area contributed by atoms with Crippen LogP contribution in [0.2, 0.25) is 0 Å². The first kappa shape index (κ1) is 17.5. The Balaban J connectivity index is 2.08. The number of hydrogen-bond acceptors (Lipinski definition) is 3. The highest BCUT2D eigenvalue weighted by molar-refractivity contribution is 5.96. The number of rotatable bonds is 5. The Labute approximate surface area is 137 Å². The fourth-order valence-corrected chi connectivity index (χ4v) is 2.83. The molecule has 2 atom stereocenters. The van der Waals surface area contributed by atoms with Gasteiger partial charge >= 0.3 is 0 Å². The average molecular weight is 318 g/mol. The predicted octanol–water partition coefficient (Wildman–Crippen LogP) is 1.93. The second kappa shape index (κ2) is 7.59. The molecular formula is C18H26N2O3. The molecule has 0 aliphatic carbocycles. The molecule has 126 valence electrons. The largest absolute Gasteiger partial charge is 0.396 e. The van der Waals surface area contributed by atoms with Gasteiger partial charge in [-0.15, -0.1) is 0 Å². The number of piperidine rings is 1. The molecule has 1 aliphatic heterocycles. The Bertz CT molecular complexity index is 586. The van der Waals surface area contributed by atoms with Gasteiger partial charge in [-0.2, -0.15) is 0 Å². The summed E-state index contributed by atoms with van der Waals surface area (Å²) in [5, 5.41) is 11.9. The molecule has 0 spiro atoms. The van der Waals surface area contributed by atoms with E-state index in [1.165, 1.54) is 5.56 Å². The van der Waals surface area contributed by atoms with Crippen molar-refractivity contribution in [2.24, 2.45) is 5.92 Å². The number of carbonyl (C=O) groups is 2. The second-order valence-electron chi connectivity index (χ2n) is 6.43. The molecule has 0 aromatic heterocycles. The average Bonchev–Trinajstić information content (AvgIpc) is 2.50. The van der Waals surface area contributed by atoms with Gasteiger partial charge in [0.25, 0.3) is 0 Å². The maximum Gasteiger partial charge on any atom is 0.227 e. The van der Waals surface area contributed by atoms with Crippen molar-refractivity contribution in [2.45, 2.75) is 46.1 Å². The molecule has 1 saturated heterocycles. The molecule has 5 heteroatoms. The SMILES string of the molecule is Cc1ccc(N2CC(C(=O)NC(C)CCO)CCC2=O)cc1C. The number of nitrogens with zero attached hydrogens (tertiary/aromatic N) is 1. The van der Waals surface area contributed by atoms with Crippen molar-refractivity contribution in [3.63, 3.8) is 0 Å². The fourth-order valence-electron chi connectivity index (χ4n) is 2.83. The summed E-state index contributed by atoms with van der Waals surface area (Å²) in [6.45, 7) is 6.41. The van der Waals surface area contributed by atoms with E-state index in [-0.39, 0.29) is 30.4 Å². The number of anilines is 1. The lowest BCUT2D eigenvalue weighted by molar-refractivity contribution is -0.128. The van der Waals surface area contributed by atoms with Crippen LogP contribution in [-0.4, -0.2) is 36.1 Å². The van der Waals surface area contributed by atoms with Crippen LogP contribution < -0.4 is 10.2 Å². The third-order valence-corrected chi connectivity index (χ3v) is 4.53. The lowest BCUT2D eigenvalue weighted by atomic mass is 9.95. The number of aliphatic hydroxyl groups excluding tert-OH is 1. The van der Waals surface area contributed by atoms with Gasteiger partial charge in [0.1, 0.15) is 0 Å². The molecule has 0 bridgehead atoms. The Hall–Kier alpha value is -1.88. The molecule has 1 aromatic carbocycles. The molecule has 0 radical (unpaired) electrons. The number of aliphatic hydroxyl groups is 1. The minimum Gasteiger partial charge on any atom is -0.396 e. The highest BCUT2D eigenvalue weighted by Crippen LogP contribution is 2.26. The molecular weight excluding hydrogens is 292 g/mol. The van der Waals surface area contributed by atoms with Gasteiger partial charge in [0, 0.05) is 31.3 Å². The number of amides is 2. The van der Waals surface area contributed by atoms with Gasteiger partial charge in [-0.05, 0) is 56.9 Å². The van der Waals surface area contributed by atoms with Crippen LogP contribution in [0.5, 0.6) is 0 Å². The summed E-state index contributed by atoms with van der Waals surface area (Å²) in [5.74, 6) is -0.163. The second-order valence-corrected chi connectivity index (χ2v) is 6.43. The topological polar surface area (TPSA) is 69.6 Å². The summed E-state index contributed by atoms with van der Waals surface area (Å²) in [6.07, 6.45) is 1.51. The van der Waals surface area contributed by atoms with Crippen LogP contribution in [0.1, 0.15) is 37.3 Å². The van der Waals surface area contributed by atoms with Crippen LogP contribution in [0.25, 0.3) is 0 Å². The van der Waals surface area contributed by atoms with E-state index in [0.29, 0.717) is 25.8 Å². The maximum absolute atomic E-state index is 12.4. The van der Waals surface area contributed by atoms with Crippen LogP contribution in [0.3, 0.4) is 0 Å². The summed E-state index contributed by atoms with van der Waals surface area (Å²) in [4.78, 5) is 26.3. The van der Waals surface area contributed by atoms with Gasteiger partial charge in [0.05, 0.1) is 5.92 Å². The van der Waals surface area contributed by atoms with Crippen LogP contribution in [-0.2, 0) is 9.59 Å². The molecule has 2 amide bonds. The van der Waals surface area contributed by atoms with Gasteiger partial charge in [0.2, 0.25) is 11.8 Å². The normalized spacial score (nSPS) is 19.6. The summed E-state index contributed by atoms with van der Waals surface area (Å²) >= 11 is 0. The maximum atomic E-state index is 12.4. The van der Waals surface area contributed by atoms with Crippen molar-refractivity contribution in [3.8, 4) is 0 Å². The van der Waals surface area contributed by atoms with Crippen molar-refractivity contribution < 1.29 is 14.7 Å². The molecule has 2 unspecified atom stereocenters. The molecule has 0 saturated carbocycles. The highest BCUT2D eigenvalue weighted by Gasteiger charge is 2.31.